The standard InChI is InChI=1S/C17H32O2/c1-13(8-6-10-16(3,4)19)14(2)17(5)11-7-9-15(18)12-17/h13-14,19H,6-12H2,1-5H3/t13-,14+,17-/m0/s1. The Balaban J connectivity index is 2.47. The minimum absolute atomic E-state index is 0.198. The van der Waals surface area contributed by atoms with E-state index < -0.39 is 5.60 Å². The minimum atomic E-state index is -0.548. The molecule has 0 aromatic heterocycles. The van der Waals surface area contributed by atoms with Gasteiger partial charge in [0.15, 0.2) is 0 Å². The van der Waals surface area contributed by atoms with Gasteiger partial charge in [0.25, 0.3) is 0 Å². The summed E-state index contributed by atoms with van der Waals surface area (Å²) < 4.78 is 0. The quantitative estimate of drug-likeness (QED) is 0.777. The maximum Gasteiger partial charge on any atom is 0.133 e. The van der Waals surface area contributed by atoms with Crippen molar-refractivity contribution in [2.24, 2.45) is 17.3 Å². The summed E-state index contributed by atoms with van der Waals surface area (Å²) >= 11 is 0. The Hall–Kier alpha value is -0.370. The first-order valence-corrected chi connectivity index (χ1v) is 7.88. The molecule has 0 bridgehead atoms. The molecule has 0 heterocycles. The third-order valence-electron chi connectivity index (χ3n) is 5.21. The predicted octanol–water partition coefficient (Wildman–Crippen LogP) is 4.35. The lowest BCUT2D eigenvalue weighted by molar-refractivity contribution is -0.125. The molecule has 1 fully saturated rings. The normalized spacial score (nSPS) is 28.2. The fourth-order valence-corrected chi connectivity index (χ4v) is 3.50. The molecule has 3 atom stereocenters. The van der Waals surface area contributed by atoms with Crippen molar-refractivity contribution in [2.45, 2.75) is 85.2 Å². The molecule has 1 aliphatic carbocycles. The molecule has 0 saturated heterocycles. The Morgan fingerprint density at radius 2 is 2.00 bits per heavy atom. The second kappa shape index (κ2) is 6.39. The van der Waals surface area contributed by atoms with E-state index in [2.05, 4.69) is 20.8 Å². The second-order valence-electron chi connectivity index (χ2n) is 7.69. The van der Waals surface area contributed by atoms with Crippen LogP contribution in [-0.4, -0.2) is 16.5 Å². The summed E-state index contributed by atoms with van der Waals surface area (Å²) in [5, 5.41) is 9.76. The molecule has 0 radical (unpaired) electrons. The van der Waals surface area contributed by atoms with Crippen molar-refractivity contribution in [1.29, 1.82) is 0 Å². The molecule has 1 saturated carbocycles. The van der Waals surface area contributed by atoms with Gasteiger partial charge in [0.2, 0.25) is 0 Å². The van der Waals surface area contributed by atoms with Crippen molar-refractivity contribution in [1.82, 2.24) is 0 Å². The van der Waals surface area contributed by atoms with Crippen LogP contribution in [-0.2, 0) is 4.79 Å². The van der Waals surface area contributed by atoms with E-state index in [1.807, 2.05) is 13.8 Å². The van der Waals surface area contributed by atoms with Gasteiger partial charge in [-0.2, -0.15) is 0 Å². The first kappa shape index (κ1) is 16.7. The van der Waals surface area contributed by atoms with Crippen molar-refractivity contribution >= 4 is 5.78 Å². The van der Waals surface area contributed by atoms with Gasteiger partial charge in [0, 0.05) is 12.8 Å². The Bertz CT molecular complexity index is 303. The lowest BCUT2D eigenvalue weighted by Crippen LogP contribution is -2.35. The molecular weight excluding hydrogens is 236 g/mol. The molecule has 1 aliphatic rings. The van der Waals surface area contributed by atoms with E-state index in [1.165, 1.54) is 6.42 Å². The summed E-state index contributed by atoms with van der Waals surface area (Å²) in [4.78, 5) is 11.7. The fourth-order valence-electron chi connectivity index (χ4n) is 3.50. The van der Waals surface area contributed by atoms with Gasteiger partial charge in [0.05, 0.1) is 5.60 Å². The van der Waals surface area contributed by atoms with Crippen LogP contribution in [0.4, 0.5) is 0 Å². The number of hydrogen-bond acceptors (Lipinski definition) is 2. The SMILES string of the molecule is C[C@H]([C@@H](C)CCCC(C)(C)O)[C@@]1(C)CCCC(=O)C1. The predicted molar refractivity (Wildman–Crippen MR) is 80.1 cm³/mol. The summed E-state index contributed by atoms with van der Waals surface area (Å²) in [7, 11) is 0. The van der Waals surface area contributed by atoms with E-state index in [1.54, 1.807) is 0 Å². The largest absolute Gasteiger partial charge is 0.390 e. The fraction of sp³-hybridized carbons (Fsp3) is 0.941. The zero-order chi connectivity index (χ0) is 14.7. The second-order valence-corrected chi connectivity index (χ2v) is 7.69. The number of carbonyl (C=O) groups is 1. The summed E-state index contributed by atoms with van der Waals surface area (Å²) in [5.41, 5.74) is -0.350. The number of rotatable bonds is 6. The van der Waals surface area contributed by atoms with E-state index in [9.17, 15) is 9.90 Å². The highest BCUT2D eigenvalue weighted by Crippen LogP contribution is 2.44. The third kappa shape index (κ3) is 5.25. The van der Waals surface area contributed by atoms with E-state index in [0.717, 1.165) is 38.5 Å². The summed E-state index contributed by atoms with van der Waals surface area (Å²) in [5.74, 6) is 1.65. The van der Waals surface area contributed by atoms with Gasteiger partial charge in [0.1, 0.15) is 5.78 Å². The van der Waals surface area contributed by atoms with Crippen molar-refractivity contribution in [3.05, 3.63) is 0 Å². The molecule has 112 valence electrons. The van der Waals surface area contributed by atoms with Crippen LogP contribution in [0, 0.1) is 17.3 Å². The Labute approximate surface area is 119 Å². The first-order valence-electron chi connectivity index (χ1n) is 7.88. The molecule has 0 amide bonds. The van der Waals surface area contributed by atoms with Gasteiger partial charge in [-0.1, -0.05) is 33.6 Å². The number of carbonyl (C=O) groups excluding carboxylic acids is 1. The number of ketones is 1. The van der Waals surface area contributed by atoms with Gasteiger partial charge in [-0.05, 0) is 50.4 Å². The van der Waals surface area contributed by atoms with Crippen LogP contribution in [0.2, 0.25) is 0 Å². The zero-order valence-electron chi connectivity index (χ0n) is 13.5. The maximum atomic E-state index is 11.7. The molecule has 2 nitrogen and oxygen atoms in total. The number of hydrogen-bond donors (Lipinski definition) is 1. The van der Waals surface area contributed by atoms with Crippen LogP contribution in [0.15, 0.2) is 0 Å². The van der Waals surface area contributed by atoms with Gasteiger partial charge < -0.3 is 5.11 Å². The topological polar surface area (TPSA) is 37.3 Å². The Morgan fingerprint density at radius 3 is 2.53 bits per heavy atom. The van der Waals surface area contributed by atoms with Gasteiger partial charge >= 0.3 is 0 Å². The first-order chi connectivity index (χ1) is 8.64. The highest BCUT2D eigenvalue weighted by molar-refractivity contribution is 5.79. The number of aliphatic hydroxyl groups is 1. The van der Waals surface area contributed by atoms with E-state index in [0.29, 0.717) is 17.6 Å². The van der Waals surface area contributed by atoms with Crippen molar-refractivity contribution in [2.75, 3.05) is 0 Å². The van der Waals surface area contributed by atoms with Crippen molar-refractivity contribution in [3.8, 4) is 0 Å². The van der Waals surface area contributed by atoms with Crippen molar-refractivity contribution in [3.63, 3.8) is 0 Å². The minimum Gasteiger partial charge on any atom is -0.390 e. The average Bonchev–Trinajstić information content (AvgIpc) is 2.25. The van der Waals surface area contributed by atoms with Crippen LogP contribution in [0.25, 0.3) is 0 Å². The highest BCUT2D eigenvalue weighted by Gasteiger charge is 2.38. The van der Waals surface area contributed by atoms with Crippen LogP contribution in [0.3, 0.4) is 0 Å². The van der Waals surface area contributed by atoms with Crippen LogP contribution >= 0.6 is 0 Å². The zero-order valence-corrected chi connectivity index (χ0v) is 13.5. The van der Waals surface area contributed by atoms with Crippen LogP contribution < -0.4 is 0 Å². The molecule has 0 aromatic carbocycles. The van der Waals surface area contributed by atoms with Crippen LogP contribution in [0.5, 0.6) is 0 Å². The molecule has 0 spiro atoms. The summed E-state index contributed by atoms with van der Waals surface area (Å²) in [6.07, 6.45) is 6.89. The third-order valence-corrected chi connectivity index (χ3v) is 5.21. The summed E-state index contributed by atoms with van der Waals surface area (Å²) in [6, 6.07) is 0. The lowest BCUT2D eigenvalue weighted by Gasteiger charge is -2.41. The van der Waals surface area contributed by atoms with E-state index in [-0.39, 0.29) is 5.41 Å². The van der Waals surface area contributed by atoms with Gasteiger partial charge in [-0.3, -0.25) is 4.79 Å². The lowest BCUT2D eigenvalue weighted by atomic mass is 9.63. The van der Waals surface area contributed by atoms with Crippen molar-refractivity contribution < 1.29 is 9.90 Å². The molecule has 2 heteroatoms. The Morgan fingerprint density at radius 1 is 1.37 bits per heavy atom. The molecule has 19 heavy (non-hydrogen) atoms. The average molecular weight is 268 g/mol. The van der Waals surface area contributed by atoms with E-state index >= 15 is 0 Å². The number of Topliss-reactive ketones (excluding diaryl/α,β-unsaturated/α-hetero) is 1. The van der Waals surface area contributed by atoms with E-state index in [4.69, 9.17) is 0 Å². The molecule has 0 aliphatic heterocycles. The smallest absolute Gasteiger partial charge is 0.133 e. The summed E-state index contributed by atoms with van der Waals surface area (Å²) in [6.45, 7) is 10.7. The molecule has 0 aromatic rings. The Kier molecular flexibility index (Phi) is 5.61. The molecule has 0 unspecified atom stereocenters. The molecular formula is C17H32O2. The maximum absolute atomic E-state index is 11.7. The highest BCUT2D eigenvalue weighted by atomic mass is 16.3. The molecule has 1 rings (SSSR count). The van der Waals surface area contributed by atoms with Gasteiger partial charge in [-0.25, -0.2) is 0 Å². The van der Waals surface area contributed by atoms with Gasteiger partial charge in [-0.15, -0.1) is 0 Å². The van der Waals surface area contributed by atoms with Crippen LogP contribution in [0.1, 0.15) is 79.6 Å². The molecule has 1 N–H and O–H groups in total. The monoisotopic (exact) mass is 268 g/mol.